The van der Waals surface area contributed by atoms with Gasteiger partial charge in [0, 0.05) is 18.3 Å². The van der Waals surface area contributed by atoms with Crippen molar-refractivity contribution in [3.8, 4) is 0 Å². The van der Waals surface area contributed by atoms with Crippen molar-refractivity contribution in [3.05, 3.63) is 59.2 Å². The molecule has 0 saturated carbocycles. The van der Waals surface area contributed by atoms with Crippen molar-refractivity contribution in [2.45, 2.75) is 12.6 Å². The zero-order chi connectivity index (χ0) is 14.8. The van der Waals surface area contributed by atoms with Crippen LogP contribution in [0.15, 0.2) is 36.5 Å². The number of aromatic nitrogens is 1. The first-order chi connectivity index (χ1) is 9.38. The largest absolute Gasteiger partial charge is 0.416 e. The van der Waals surface area contributed by atoms with Crippen LogP contribution in [-0.4, -0.2) is 4.98 Å². The van der Waals surface area contributed by atoms with Gasteiger partial charge in [0.05, 0.1) is 11.3 Å². The van der Waals surface area contributed by atoms with Crippen molar-refractivity contribution in [2.24, 2.45) is 5.84 Å². The van der Waals surface area contributed by atoms with Gasteiger partial charge < -0.3 is 5.43 Å². The number of nitrogens with one attached hydrogen (secondary N) is 1. The summed E-state index contributed by atoms with van der Waals surface area (Å²) in [6.07, 6.45) is -3.03. The molecule has 0 saturated heterocycles. The first-order valence-electron chi connectivity index (χ1n) is 5.66. The number of nitrogens with zero attached hydrogens (tertiary/aromatic N) is 1. The fraction of sp³-hybridized carbons (Fsp3) is 0.154. The third kappa shape index (κ3) is 3.45. The molecule has 0 unspecified atom stereocenters. The molecule has 0 bridgehead atoms. The second-order valence-electron chi connectivity index (χ2n) is 4.20. The lowest BCUT2D eigenvalue weighted by atomic mass is 10.1. The van der Waals surface area contributed by atoms with Crippen molar-refractivity contribution in [1.82, 2.24) is 4.98 Å². The van der Waals surface area contributed by atoms with Crippen LogP contribution in [0.4, 0.5) is 23.2 Å². The lowest BCUT2D eigenvalue weighted by molar-refractivity contribution is -0.137. The van der Waals surface area contributed by atoms with Gasteiger partial charge in [-0.25, -0.2) is 4.39 Å². The van der Waals surface area contributed by atoms with Crippen LogP contribution < -0.4 is 11.3 Å². The summed E-state index contributed by atoms with van der Waals surface area (Å²) in [6, 6.07) is 5.62. The number of alkyl halides is 3. The number of pyridine rings is 1. The van der Waals surface area contributed by atoms with E-state index < -0.39 is 17.6 Å². The van der Waals surface area contributed by atoms with E-state index in [-0.39, 0.29) is 12.0 Å². The van der Waals surface area contributed by atoms with Crippen LogP contribution in [0.3, 0.4) is 0 Å². The molecule has 1 heterocycles. The molecule has 2 aromatic rings. The van der Waals surface area contributed by atoms with E-state index in [9.17, 15) is 17.6 Å². The molecule has 106 valence electrons. The molecule has 0 fully saturated rings. The van der Waals surface area contributed by atoms with Gasteiger partial charge >= 0.3 is 6.18 Å². The third-order valence-corrected chi connectivity index (χ3v) is 2.65. The molecule has 2 rings (SSSR count). The standard InChI is InChI=1S/C13H11F4N3/c14-10-4-8(3-9(6-10)13(15,16)17)5-12-7-11(20-18)1-2-19-12/h1-4,6-7H,5,18H2,(H,19,20). The van der Waals surface area contributed by atoms with E-state index in [1.165, 1.54) is 6.20 Å². The Morgan fingerprint density at radius 2 is 1.90 bits per heavy atom. The van der Waals surface area contributed by atoms with Gasteiger partial charge in [0.2, 0.25) is 0 Å². The molecule has 3 N–H and O–H groups in total. The number of rotatable bonds is 3. The monoisotopic (exact) mass is 285 g/mol. The predicted molar refractivity (Wildman–Crippen MR) is 66.3 cm³/mol. The molecule has 3 nitrogen and oxygen atoms in total. The first-order valence-corrected chi connectivity index (χ1v) is 5.66. The van der Waals surface area contributed by atoms with Crippen molar-refractivity contribution in [1.29, 1.82) is 0 Å². The maximum Gasteiger partial charge on any atom is 0.416 e. The summed E-state index contributed by atoms with van der Waals surface area (Å²) < 4.78 is 51.0. The zero-order valence-electron chi connectivity index (χ0n) is 10.2. The Bertz CT molecular complexity index is 611. The highest BCUT2D eigenvalue weighted by atomic mass is 19.4. The number of hydrazine groups is 1. The van der Waals surface area contributed by atoms with Crippen LogP contribution in [0.2, 0.25) is 0 Å². The number of hydrogen-bond acceptors (Lipinski definition) is 3. The van der Waals surface area contributed by atoms with Crippen molar-refractivity contribution >= 4 is 5.69 Å². The van der Waals surface area contributed by atoms with Gasteiger partial charge in [0.1, 0.15) is 5.82 Å². The molecule has 20 heavy (non-hydrogen) atoms. The number of nitrogens with two attached hydrogens (primary N) is 1. The lowest BCUT2D eigenvalue weighted by Gasteiger charge is -2.10. The van der Waals surface area contributed by atoms with Crippen LogP contribution in [0.5, 0.6) is 0 Å². The lowest BCUT2D eigenvalue weighted by Crippen LogP contribution is -2.08. The second kappa shape index (κ2) is 5.46. The maximum atomic E-state index is 13.3. The molecule has 0 aliphatic heterocycles. The van der Waals surface area contributed by atoms with Gasteiger partial charge in [-0.15, -0.1) is 0 Å². The quantitative estimate of drug-likeness (QED) is 0.517. The average Bonchev–Trinajstić information content (AvgIpc) is 2.37. The highest BCUT2D eigenvalue weighted by Gasteiger charge is 2.31. The van der Waals surface area contributed by atoms with Gasteiger partial charge in [-0.1, -0.05) is 0 Å². The van der Waals surface area contributed by atoms with Crippen molar-refractivity contribution in [3.63, 3.8) is 0 Å². The van der Waals surface area contributed by atoms with Crippen LogP contribution in [0, 0.1) is 5.82 Å². The van der Waals surface area contributed by atoms with Crippen LogP contribution >= 0.6 is 0 Å². The highest BCUT2D eigenvalue weighted by molar-refractivity contribution is 5.43. The Hall–Kier alpha value is -2.15. The van der Waals surface area contributed by atoms with Gasteiger partial charge in [0.25, 0.3) is 0 Å². The smallest absolute Gasteiger partial charge is 0.324 e. The Kier molecular flexibility index (Phi) is 3.89. The molecule has 1 aromatic heterocycles. The molecule has 0 spiro atoms. The highest BCUT2D eigenvalue weighted by Crippen LogP contribution is 2.30. The predicted octanol–water partition coefficient (Wildman–Crippen LogP) is 3.12. The van der Waals surface area contributed by atoms with Crippen LogP contribution in [0.1, 0.15) is 16.8 Å². The summed E-state index contributed by atoms with van der Waals surface area (Å²) in [4.78, 5) is 4.00. The van der Waals surface area contributed by atoms with Gasteiger partial charge in [-0.2, -0.15) is 13.2 Å². The molecule has 7 heteroatoms. The maximum absolute atomic E-state index is 13.3. The topological polar surface area (TPSA) is 50.9 Å². The molecule has 1 aromatic carbocycles. The minimum atomic E-state index is -4.58. The van der Waals surface area contributed by atoms with E-state index in [4.69, 9.17) is 5.84 Å². The van der Waals surface area contributed by atoms with E-state index in [0.717, 1.165) is 12.1 Å². The summed E-state index contributed by atoms with van der Waals surface area (Å²) >= 11 is 0. The molecular weight excluding hydrogens is 274 g/mol. The SMILES string of the molecule is NNc1ccnc(Cc2cc(F)cc(C(F)(F)F)c2)c1. The van der Waals surface area contributed by atoms with E-state index >= 15 is 0 Å². The summed E-state index contributed by atoms with van der Waals surface area (Å²) in [5, 5.41) is 0. The average molecular weight is 285 g/mol. The number of nitrogen functional groups attached to an aromatic ring is 1. The molecular formula is C13H11F4N3. The molecule has 0 aliphatic rings. The Morgan fingerprint density at radius 1 is 1.15 bits per heavy atom. The van der Waals surface area contributed by atoms with Gasteiger partial charge in [-0.05, 0) is 35.9 Å². The van der Waals surface area contributed by atoms with Crippen molar-refractivity contribution in [2.75, 3.05) is 5.43 Å². The van der Waals surface area contributed by atoms with E-state index in [2.05, 4.69) is 10.4 Å². The summed E-state index contributed by atoms with van der Waals surface area (Å²) in [5.74, 6) is 4.30. The molecule has 0 amide bonds. The Morgan fingerprint density at radius 3 is 2.55 bits per heavy atom. The number of benzene rings is 1. The Labute approximate surface area is 112 Å². The summed E-state index contributed by atoms with van der Waals surface area (Å²) in [5.41, 5.74) is 2.64. The fourth-order valence-electron chi connectivity index (χ4n) is 1.79. The zero-order valence-corrected chi connectivity index (χ0v) is 10.2. The van der Waals surface area contributed by atoms with E-state index in [0.29, 0.717) is 17.4 Å². The molecule has 0 aliphatic carbocycles. The second-order valence-corrected chi connectivity index (χ2v) is 4.20. The van der Waals surface area contributed by atoms with E-state index in [1.54, 1.807) is 12.1 Å². The number of halogens is 4. The molecule has 0 radical (unpaired) electrons. The number of anilines is 1. The first kappa shape index (κ1) is 14.3. The summed E-state index contributed by atoms with van der Waals surface area (Å²) in [6.45, 7) is 0. The number of hydrogen-bond donors (Lipinski definition) is 2. The van der Waals surface area contributed by atoms with Crippen LogP contribution in [0.25, 0.3) is 0 Å². The molecule has 0 atom stereocenters. The minimum Gasteiger partial charge on any atom is -0.324 e. The normalized spacial score (nSPS) is 11.4. The van der Waals surface area contributed by atoms with Crippen molar-refractivity contribution < 1.29 is 17.6 Å². The Balaban J connectivity index is 2.31. The van der Waals surface area contributed by atoms with Gasteiger partial charge in [0.15, 0.2) is 0 Å². The van der Waals surface area contributed by atoms with Gasteiger partial charge in [-0.3, -0.25) is 10.8 Å². The summed E-state index contributed by atoms with van der Waals surface area (Å²) in [7, 11) is 0. The van der Waals surface area contributed by atoms with E-state index in [1.807, 2.05) is 0 Å². The third-order valence-electron chi connectivity index (χ3n) is 2.65. The fourth-order valence-corrected chi connectivity index (χ4v) is 1.79. The van der Waals surface area contributed by atoms with Crippen LogP contribution in [-0.2, 0) is 12.6 Å². The minimum absolute atomic E-state index is 0.0797.